The maximum absolute atomic E-state index is 13.5. The summed E-state index contributed by atoms with van der Waals surface area (Å²) < 4.78 is 17.3. The number of aromatic nitrogens is 2. The van der Waals surface area contributed by atoms with Crippen LogP contribution in [0.25, 0.3) is 10.9 Å². The van der Waals surface area contributed by atoms with Crippen LogP contribution in [0.3, 0.4) is 0 Å². The van der Waals surface area contributed by atoms with Crippen LogP contribution in [-0.2, 0) is 20.9 Å². The fourth-order valence-electron chi connectivity index (χ4n) is 4.44. The number of rotatable bonds is 8. The zero-order chi connectivity index (χ0) is 25.8. The standard InChI is InChI=1S/C26H28N4O6S/c1-2-34-24(32)16-37-26-27-20-15-22-21(35-17-36-22)14-19(20)25(33)30(26)9-8-23(31)29-12-10-28(11-13-29)18-6-4-3-5-7-18/h3-7,14-15H,2,8-13,16-17H2,1H3. The Bertz CT molecular complexity index is 1350. The Labute approximate surface area is 218 Å². The maximum Gasteiger partial charge on any atom is 0.316 e. The van der Waals surface area contributed by atoms with Gasteiger partial charge in [-0.05, 0) is 25.1 Å². The van der Waals surface area contributed by atoms with E-state index in [1.54, 1.807) is 19.1 Å². The Kier molecular flexibility index (Phi) is 7.50. The number of benzene rings is 2. The van der Waals surface area contributed by atoms with E-state index in [0.717, 1.165) is 30.5 Å². The van der Waals surface area contributed by atoms with Crippen LogP contribution in [0.4, 0.5) is 5.69 Å². The molecule has 11 heteroatoms. The number of carbonyl (C=O) groups excluding carboxylic acids is 2. The van der Waals surface area contributed by atoms with Gasteiger partial charge in [-0.2, -0.15) is 0 Å². The van der Waals surface area contributed by atoms with Crippen LogP contribution in [0.2, 0.25) is 0 Å². The molecule has 0 radical (unpaired) electrons. The molecule has 194 valence electrons. The maximum atomic E-state index is 13.5. The van der Waals surface area contributed by atoms with Gasteiger partial charge in [-0.3, -0.25) is 19.0 Å². The third kappa shape index (κ3) is 5.51. The number of piperazine rings is 1. The fourth-order valence-corrected chi connectivity index (χ4v) is 5.27. The Morgan fingerprint density at radius 3 is 2.51 bits per heavy atom. The second kappa shape index (κ2) is 11.1. The number of amides is 1. The van der Waals surface area contributed by atoms with Crippen molar-refractivity contribution in [3.63, 3.8) is 0 Å². The second-order valence-corrected chi connectivity index (χ2v) is 9.56. The first-order chi connectivity index (χ1) is 18.0. The lowest BCUT2D eigenvalue weighted by molar-refractivity contribution is -0.139. The van der Waals surface area contributed by atoms with Crippen molar-refractivity contribution in [2.24, 2.45) is 0 Å². The van der Waals surface area contributed by atoms with Crippen LogP contribution in [0.1, 0.15) is 13.3 Å². The largest absolute Gasteiger partial charge is 0.465 e. The summed E-state index contributed by atoms with van der Waals surface area (Å²) in [6.07, 6.45) is 0.149. The van der Waals surface area contributed by atoms with Gasteiger partial charge < -0.3 is 24.0 Å². The minimum Gasteiger partial charge on any atom is -0.465 e. The molecule has 2 aliphatic rings. The summed E-state index contributed by atoms with van der Waals surface area (Å²) >= 11 is 1.12. The summed E-state index contributed by atoms with van der Waals surface area (Å²) in [4.78, 5) is 47.2. The Hall–Kier alpha value is -3.73. The molecule has 0 spiro atoms. The van der Waals surface area contributed by atoms with E-state index < -0.39 is 5.97 Å². The van der Waals surface area contributed by atoms with Gasteiger partial charge >= 0.3 is 5.97 Å². The normalized spacial score (nSPS) is 14.7. The van der Waals surface area contributed by atoms with Crippen LogP contribution in [0.5, 0.6) is 11.5 Å². The summed E-state index contributed by atoms with van der Waals surface area (Å²) in [5.74, 6) is 0.588. The Balaban J connectivity index is 1.32. The highest BCUT2D eigenvalue weighted by Gasteiger charge is 2.23. The molecule has 0 bridgehead atoms. The first kappa shape index (κ1) is 24.9. The van der Waals surface area contributed by atoms with E-state index in [9.17, 15) is 14.4 Å². The summed E-state index contributed by atoms with van der Waals surface area (Å²) in [5, 5.41) is 0.722. The molecule has 0 N–H and O–H groups in total. The smallest absolute Gasteiger partial charge is 0.316 e. The molecule has 0 aliphatic carbocycles. The van der Waals surface area contributed by atoms with Gasteiger partial charge in [0, 0.05) is 50.9 Å². The number of thioether (sulfide) groups is 1. The summed E-state index contributed by atoms with van der Waals surface area (Å²) in [6, 6.07) is 13.4. The first-order valence-electron chi connectivity index (χ1n) is 12.2. The minimum atomic E-state index is -0.397. The van der Waals surface area contributed by atoms with Crippen molar-refractivity contribution in [1.82, 2.24) is 14.5 Å². The highest BCUT2D eigenvalue weighted by atomic mass is 32.2. The third-order valence-electron chi connectivity index (χ3n) is 6.34. The molecule has 0 atom stereocenters. The number of nitrogens with zero attached hydrogens (tertiary/aromatic N) is 4. The number of carbonyl (C=O) groups is 2. The molecule has 5 rings (SSSR count). The molecular weight excluding hydrogens is 496 g/mol. The van der Waals surface area contributed by atoms with Crippen LogP contribution in [-0.4, -0.2) is 71.7 Å². The Morgan fingerprint density at radius 2 is 1.78 bits per heavy atom. The number of para-hydroxylation sites is 1. The van der Waals surface area contributed by atoms with Crippen LogP contribution < -0.4 is 19.9 Å². The van der Waals surface area contributed by atoms with Crippen molar-refractivity contribution in [3.05, 3.63) is 52.8 Å². The molecule has 2 aliphatic heterocycles. The van der Waals surface area contributed by atoms with Crippen LogP contribution in [0.15, 0.2) is 52.4 Å². The van der Waals surface area contributed by atoms with Gasteiger partial charge in [-0.15, -0.1) is 0 Å². The number of hydrogen-bond acceptors (Lipinski definition) is 9. The molecular formula is C26H28N4O6S. The summed E-state index contributed by atoms with van der Waals surface area (Å²) in [5.41, 5.74) is 1.30. The lowest BCUT2D eigenvalue weighted by Crippen LogP contribution is -2.49. The molecule has 1 saturated heterocycles. The summed E-state index contributed by atoms with van der Waals surface area (Å²) in [7, 11) is 0. The van der Waals surface area contributed by atoms with Gasteiger partial charge in [0.2, 0.25) is 12.7 Å². The van der Waals surface area contributed by atoms with E-state index in [1.807, 2.05) is 23.1 Å². The van der Waals surface area contributed by atoms with E-state index >= 15 is 0 Å². The van der Waals surface area contributed by atoms with Gasteiger partial charge in [0.05, 0.1) is 23.3 Å². The van der Waals surface area contributed by atoms with E-state index in [2.05, 4.69) is 22.0 Å². The highest BCUT2D eigenvalue weighted by Crippen LogP contribution is 2.35. The quantitative estimate of drug-likeness (QED) is 0.250. The predicted molar refractivity (Wildman–Crippen MR) is 139 cm³/mol. The average Bonchev–Trinajstić information content (AvgIpc) is 3.38. The van der Waals surface area contributed by atoms with Gasteiger partial charge in [0.1, 0.15) is 0 Å². The van der Waals surface area contributed by atoms with E-state index in [1.165, 1.54) is 4.57 Å². The molecule has 2 aromatic carbocycles. The monoisotopic (exact) mass is 524 g/mol. The second-order valence-electron chi connectivity index (χ2n) is 8.62. The summed E-state index contributed by atoms with van der Waals surface area (Å²) in [6.45, 7) is 4.98. The first-order valence-corrected chi connectivity index (χ1v) is 13.2. The minimum absolute atomic E-state index is 0.00569. The topological polar surface area (TPSA) is 103 Å². The van der Waals surface area contributed by atoms with E-state index in [0.29, 0.717) is 40.6 Å². The molecule has 3 aromatic rings. The highest BCUT2D eigenvalue weighted by molar-refractivity contribution is 7.99. The number of anilines is 1. The fraction of sp³-hybridized carbons (Fsp3) is 0.385. The van der Waals surface area contributed by atoms with Crippen molar-refractivity contribution >= 4 is 40.2 Å². The molecule has 10 nitrogen and oxygen atoms in total. The SMILES string of the molecule is CCOC(=O)CSc1nc2cc3c(cc2c(=O)n1CCC(=O)N1CCN(c2ccccc2)CC1)OCO3. The molecule has 0 unspecified atom stereocenters. The third-order valence-corrected chi connectivity index (χ3v) is 7.29. The van der Waals surface area contributed by atoms with E-state index in [-0.39, 0.29) is 43.6 Å². The average molecular weight is 525 g/mol. The number of ether oxygens (including phenoxy) is 3. The van der Waals surface area contributed by atoms with Gasteiger partial charge in [0.25, 0.3) is 5.56 Å². The van der Waals surface area contributed by atoms with Crippen LogP contribution >= 0.6 is 11.8 Å². The van der Waals surface area contributed by atoms with Crippen LogP contribution in [0, 0.1) is 0 Å². The van der Waals surface area contributed by atoms with E-state index in [4.69, 9.17) is 14.2 Å². The number of hydrogen-bond donors (Lipinski definition) is 0. The zero-order valence-electron chi connectivity index (χ0n) is 20.6. The van der Waals surface area contributed by atoms with Crippen molar-refractivity contribution in [2.45, 2.75) is 25.0 Å². The molecule has 1 fully saturated rings. The van der Waals surface area contributed by atoms with Crippen molar-refractivity contribution in [1.29, 1.82) is 0 Å². The predicted octanol–water partition coefficient (Wildman–Crippen LogP) is 2.52. The lowest BCUT2D eigenvalue weighted by Gasteiger charge is -2.36. The lowest BCUT2D eigenvalue weighted by atomic mass is 10.2. The number of fused-ring (bicyclic) bond motifs is 2. The molecule has 1 amide bonds. The van der Waals surface area contributed by atoms with Gasteiger partial charge in [0.15, 0.2) is 16.7 Å². The zero-order valence-corrected chi connectivity index (χ0v) is 21.4. The molecule has 1 aromatic heterocycles. The van der Waals surface area contributed by atoms with Crippen molar-refractivity contribution in [2.75, 3.05) is 50.2 Å². The Morgan fingerprint density at radius 1 is 1.05 bits per heavy atom. The molecule has 0 saturated carbocycles. The van der Waals surface area contributed by atoms with Gasteiger partial charge in [-0.25, -0.2) is 4.98 Å². The van der Waals surface area contributed by atoms with Gasteiger partial charge in [-0.1, -0.05) is 30.0 Å². The van der Waals surface area contributed by atoms with Crippen molar-refractivity contribution in [3.8, 4) is 11.5 Å². The van der Waals surface area contributed by atoms with Crippen molar-refractivity contribution < 1.29 is 23.8 Å². The molecule has 3 heterocycles. The molecule has 37 heavy (non-hydrogen) atoms. The number of esters is 1.